The topological polar surface area (TPSA) is 88.4 Å². The van der Waals surface area contributed by atoms with E-state index in [9.17, 15) is 19.5 Å². The Balaban J connectivity index is 2.22. The van der Waals surface area contributed by atoms with E-state index in [0.29, 0.717) is 15.9 Å². The van der Waals surface area contributed by atoms with Crippen LogP contribution in [0.4, 0.5) is 0 Å². The molecule has 0 aliphatic heterocycles. The third-order valence-electron chi connectivity index (χ3n) is 4.28. The summed E-state index contributed by atoms with van der Waals surface area (Å²) in [7, 11) is 1.51. The van der Waals surface area contributed by atoms with E-state index in [1.165, 1.54) is 18.5 Å². The van der Waals surface area contributed by atoms with E-state index in [4.69, 9.17) is 11.6 Å². The van der Waals surface area contributed by atoms with Crippen LogP contribution in [0.1, 0.15) is 17.3 Å². The van der Waals surface area contributed by atoms with Crippen molar-refractivity contribution in [3.05, 3.63) is 63.4 Å². The zero-order valence-electron chi connectivity index (χ0n) is 14.7. The van der Waals surface area contributed by atoms with E-state index in [1.807, 2.05) is 18.2 Å². The maximum absolute atomic E-state index is 12.5. The number of ketones is 1. The Bertz CT molecular complexity index is 1130. The number of aryl methyl sites for hydroxylation is 1. The summed E-state index contributed by atoms with van der Waals surface area (Å²) in [4.78, 5) is 36.0. The molecule has 2 N–H and O–H groups in total. The normalized spacial score (nSPS) is 10.8. The lowest BCUT2D eigenvalue weighted by molar-refractivity contribution is -0.116. The SMILES string of the molecule is CC(=O)CNC(=O)c1c(O)c2cc(-c3ccccc3Cl)ccc2n(C)c1=O. The summed E-state index contributed by atoms with van der Waals surface area (Å²) in [5.74, 6) is -1.49. The van der Waals surface area contributed by atoms with Gasteiger partial charge in [-0.25, -0.2) is 0 Å². The fourth-order valence-electron chi connectivity index (χ4n) is 2.89. The van der Waals surface area contributed by atoms with Crippen LogP contribution in [0, 0.1) is 0 Å². The smallest absolute Gasteiger partial charge is 0.267 e. The largest absolute Gasteiger partial charge is 0.506 e. The maximum Gasteiger partial charge on any atom is 0.267 e. The molecule has 2 aromatic carbocycles. The highest BCUT2D eigenvalue weighted by Crippen LogP contribution is 2.33. The summed E-state index contributed by atoms with van der Waals surface area (Å²) < 4.78 is 1.29. The number of hydrogen-bond donors (Lipinski definition) is 2. The average molecular weight is 385 g/mol. The van der Waals surface area contributed by atoms with Crippen LogP contribution in [0.15, 0.2) is 47.3 Å². The van der Waals surface area contributed by atoms with Gasteiger partial charge in [0.15, 0.2) is 0 Å². The Morgan fingerprint density at radius 2 is 1.89 bits per heavy atom. The van der Waals surface area contributed by atoms with Gasteiger partial charge in [-0.2, -0.15) is 0 Å². The molecule has 0 radical (unpaired) electrons. The summed E-state index contributed by atoms with van der Waals surface area (Å²) in [5.41, 5.74) is 0.916. The third kappa shape index (κ3) is 3.44. The number of carbonyl (C=O) groups excluding carboxylic acids is 2. The molecule has 0 saturated heterocycles. The van der Waals surface area contributed by atoms with Crippen molar-refractivity contribution in [1.29, 1.82) is 0 Å². The average Bonchev–Trinajstić information content (AvgIpc) is 2.64. The molecule has 0 bridgehead atoms. The predicted molar refractivity (Wildman–Crippen MR) is 104 cm³/mol. The number of nitrogens with one attached hydrogen (secondary N) is 1. The molecule has 1 aromatic heterocycles. The molecule has 138 valence electrons. The van der Waals surface area contributed by atoms with E-state index in [1.54, 1.807) is 24.3 Å². The Hall–Kier alpha value is -3.12. The molecule has 27 heavy (non-hydrogen) atoms. The molecule has 1 heterocycles. The van der Waals surface area contributed by atoms with Crippen LogP contribution in [-0.4, -0.2) is 27.9 Å². The van der Waals surface area contributed by atoms with Crippen LogP contribution < -0.4 is 10.9 Å². The van der Waals surface area contributed by atoms with Gasteiger partial charge >= 0.3 is 0 Å². The Kier molecular flexibility index (Phi) is 5.01. The maximum atomic E-state index is 12.5. The number of nitrogens with zero attached hydrogens (tertiary/aromatic N) is 1. The molecular weight excluding hydrogens is 368 g/mol. The zero-order chi connectivity index (χ0) is 19.7. The van der Waals surface area contributed by atoms with Crippen LogP contribution >= 0.6 is 11.6 Å². The van der Waals surface area contributed by atoms with E-state index in [-0.39, 0.29) is 12.3 Å². The summed E-state index contributed by atoms with van der Waals surface area (Å²) in [5, 5.41) is 13.9. The van der Waals surface area contributed by atoms with Crippen LogP contribution in [0.2, 0.25) is 5.02 Å². The van der Waals surface area contributed by atoms with E-state index in [0.717, 1.165) is 11.1 Å². The van der Waals surface area contributed by atoms with Crippen molar-refractivity contribution in [1.82, 2.24) is 9.88 Å². The molecule has 0 aliphatic carbocycles. The first-order chi connectivity index (χ1) is 12.8. The van der Waals surface area contributed by atoms with Gasteiger partial charge in [-0.15, -0.1) is 0 Å². The van der Waals surface area contributed by atoms with Crippen molar-refractivity contribution in [2.45, 2.75) is 6.92 Å². The van der Waals surface area contributed by atoms with Crippen molar-refractivity contribution < 1.29 is 14.7 Å². The lowest BCUT2D eigenvalue weighted by atomic mass is 10.0. The number of aromatic hydroxyl groups is 1. The molecule has 6 nitrogen and oxygen atoms in total. The lowest BCUT2D eigenvalue weighted by Crippen LogP contribution is -2.34. The summed E-state index contributed by atoms with van der Waals surface area (Å²) in [6, 6.07) is 12.4. The van der Waals surface area contributed by atoms with Gasteiger partial charge in [0, 0.05) is 23.0 Å². The third-order valence-corrected chi connectivity index (χ3v) is 4.61. The minimum Gasteiger partial charge on any atom is -0.506 e. The van der Waals surface area contributed by atoms with Gasteiger partial charge in [-0.05, 0) is 30.7 Å². The first-order valence-electron chi connectivity index (χ1n) is 8.19. The van der Waals surface area contributed by atoms with Gasteiger partial charge < -0.3 is 15.0 Å². The number of aromatic nitrogens is 1. The molecule has 7 heteroatoms. The summed E-state index contributed by atoms with van der Waals surface area (Å²) >= 11 is 6.25. The summed E-state index contributed by atoms with van der Waals surface area (Å²) in [6.07, 6.45) is 0. The molecule has 3 rings (SSSR count). The van der Waals surface area contributed by atoms with Gasteiger partial charge in [-0.3, -0.25) is 14.4 Å². The Morgan fingerprint density at radius 3 is 2.56 bits per heavy atom. The van der Waals surface area contributed by atoms with E-state index >= 15 is 0 Å². The van der Waals surface area contributed by atoms with E-state index < -0.39 is 22.8 Å². The predicted octanol–water partition coefficient (Wildman–Crippen LogP) is 2.88. The van der Waals surface area contributed by atoms with Crippen molar-refractivity contribution in [3.8, 4) is 16.9 Å². The van der Waals surface area contributed by atoms with Crippen LogP contribution in [0.25, 0.3) is 22.0 Å². The Labute approximate surface area is 160 Å². The van der Waals surface area contributed by atoms with Crippen molar-refractivity contribution >= 4 is 34.2 Å². The second kappa shape index (κ2) is 7.25. The number of hydrogen-bond acceptors (Lipinski definition) is 4. The number of halogens is 1. The van der Waals surface area contributed by atoms with Crippen molar-refractivity contribution in [2.75, 3.05) is 6.54 Å². The number of pyridine rings is 1. The molecule has 0 spiro atoms. The molecule has 1 amide bonds. The molecule has 3 aromatic rings. The molecule has 0 fully saturated rings. The number of rotatable bonds is 4. The Morgan fingerprint density at radius 1 is 1.19 bits per heavy atom. The fourth-order valence-corrected chi connectivity index (χ4v) is 3.14. The van der Waals surface area contributed by atoms with E-state index in [2.05, 4.69) is 5.32 Å². The van der Waals surface area contributed by atoms with Gasteiger partial charge in [0.05, 0.1) is 12.1 Å². The van der Waals surface area contributed by atoms with Gasteiger partial charge in [0.1, 0.15) is 17.1 Å². The van der Waals surface area contributed by atoms with Crippen LogP contribution in [0.3, 0.4) is 0 Å². The van der Waals surface area contributed by atoms with Crippen LogP contribution in [-0.2, 0) is 11.8 Å². The van der Waals surface area contributed by atoms with Gasteiger partial charge in [-0.1, -0.05) is 35.9 Å². The van der Waals surface area contributed by atoms with Crippen LogP contribution in [0.5, 0.6) is 5.75 Å². The number of Topliss-reactive ketones (excluding diaryl/α,β-unsaturated/α-hetero) is 1. The molecule has 0 aliphatic rings. The monoisotopic (exact) mass is 384 g/mol. The second-order valence-electron chi connectivity index (χ2n) is 6.18. The first kappa shape index (κ1) is 18.7. The molecule has 0 saturated carbocycles. The highest BCUT2D eigenvalue weighted by Gasteiger charge is 2.21. The molecular formula is C20H17ClN2O4. The number of fused-ring (bicyclic) bond motifs is 1. The second-order valence-corrected chi connectivity index (χ2v) is 6.59. The number of amides is 1. The van der Waals surface area contributed by atoms with Gasteiger partial charge in [0.25, 0.3) is 11.5 Å². The standard InChI is InChI=1S/C20H17ClN2O4/c1-11(24)10-22-19(26)17-18(25)14-9-12(13-5-3-4-6-15(13)21)7-8-16(14)23(2)20(17)27/h3-9,25H,10H2,1-2H3,(H,22,26). The molecule has 0 atom stereocenters. The van der Waals surface area contributed by atoms with Gasteiger partial charge in [0.2, 0.25) is 0 Å². The minimum atomic E-state index is -0.798. The highest BCUT2D eigenvalue weighted by molar-refractivity contribution is 6.33. The first-order valence-corrected chi connectivity index (χ1v) is 8.57. The zero-order valence-corrected chi connectivity index (χ0v) is 15.5. The summed E-state index contributed by atoms with van der Waals surface area (Å²) in [6.45, 7) is 1.09. The number of carbonyl (C=O) groups is 2. The van der Waals surface area contributed by atoms with Crippen molar-refractivity contribution in [2.24, 2.45) is 7.05 Å². The minimum absolute atomic E-state index is 0.223. The fraction of sp³-hybridized carbons (Fsp3) is 0.150. The van der Waals surface area contributed by atoms with Crippen molar-refractivity contribution in [3.63, 3.8) is 0 Å². The quantitative estimate of drug-likeness (QED) is 0.724. The lowest BCUT2D eigenvalue weighted by Gasteiger charge is -2.13. The highest BCUT2D eigenvalue weighted by atomic mass is 35.5. The number of benzene rings is 2. The molecule has 0 unspecified atom stereocenters.